The van der Waals surface area contributed by atoms with Crippen LogP contribution in [0.1, 0.15) is 348 Å². The molecular weight excluding hydrogens is 887 g/mol. The maximum Gasteiger partial charge on any atom is 0.305 e. The molecule has 2 atom stereocenters. The van der Waals surface area contributed by atoms with Crippen molar-refractivity contribution in [1.82, 2.24) is 5.32 Å². The lowest BCUT2D eigenvalue weighted by Gasteiger charge is -2.20. The summed E-state index contributed by atoms with van der Waals surface area (Å²) in [5, 5.41) is 23.1. The first-order valence-corrected chi connectivity index (χ1v) is 32.3. The molecule has 0 bridgehead atoms. The van der Waals surface area contributed by atoms with Crippen LogP contribution in [0.25, 0.3) is 0 Å². The van der Waals surface area contributed by atoms with Gasteiger partial charge in [-0.15, -0.1) is 0 Å². The standard InChI is InChI=1S/C66H125NO5/c1-3-5-7-9-11-13-15-35-40-44-48-52-56-60-66(71)72-61-57-53-49-45-41-37-34-32-30-28-26-24-22-20-18-17-19-21-23-25-27-29-31-33-36-39-43-47-51-55-59-65(70)67-63(62-68)64(69)58-54-50-46-42-38-16-14-12-10-8-6-4-2/h7,9,13,15,54,58,63-64,68-69H,3-6,8,10-12,14,16-53,55-57,59-62H2,1-2H3,(H,67,70)/b9-7-,15-13-,58-54+. The third kappa shape index (κ3) is 57.4. The number of esters is 1. The molecule has 0 aromatic carbocycles. The van der Waals surface area contributed by atoms with Gasteiger partial charge in [0.15, 0.2) is 0 Å². The molecule has 0 aromatic heterocycles. The Morgan fingerprint density at radius 3 is 1.11 bits per heavy atom. The van der Waals surface area contributed by atoms with Gasteiger partial charge in [0.1, 0.15) is 0 Å². The molecule has 0 aliphatic rings. The zero-order valence-electron chi connectivity index (χ0n) is 48.4. The lowest BCUT2D eigenvalue weighted by Crippen LogP contribution is -2.45. The number of nitrogens with one attached hydrogen (secondary N) is 1. The Morgan fingerprint density at radius 1 is 0.389 bits per heavy atom. The van der Waals surface area contributed by atoms with Crippen LogP contribution < -0.4 is 5.32 Å². The second-order valence-corrected chi connectivity index (χ2v) is 22.1. The number of aliphatic hydroxyl groups is 2. The van der Waals surface area contributed by atoms with Gasteiger partial charge in [-0.1, -0.05) is 314 Å². The van der Waals surface area contributed by atoms with Crippen LogP contribution in [0, 0.1) is 0 Å². The zero-order chi connectivity index (χ0) is 52.2. The normalized spacial score (nSPS) is 12.8. The zero-order valence-corrected chi connectivity index (χ0v) is 48.4. The quantitative estimate of drug-likeness (QED) is 0.0320. The molecule has 3 N–H and O–H groups in total. The van der Waals surface area contributed by atoms with Gasteiger partial charge >= 0.3 is 5.97 Å². The van der Waals surface area contributed by atoms with Crippen molar-refractivity contribution in [3.05, 3.63) is 36.5 Å². The van der Waals surface area contributed by atoms with E-state index in [1.54, 1.807) is 6.08 Å². The van der Waals surface area contributed by atoms with Gasteiger partial charge in [0.2, 0.25) is 5.91 Å². The number of amides is 1. The number of allylic oxidation sites excluding steroid dienone is 5. The van der Waals surface area contributed by atoms with Gasteiger partial charge in [0.05, 0.1) is 25.4 Å². The number of hydrogen-bond acceptors (Lipinski definition) is 5. The molecule has 0 spiro atoms. The molecule has 2 unspecified atom stereocenters. The summed E-state index contributed by atoms with van der Waals surface area (Å²) < 4.78 is 5.47. The SMILES string of the molecule is CCC/C=C\C/C=C\CCCCCCCC(=O)OCCCCCCCCCCCCCCCCCCCCCCCCCCCCCCCCC(=O)NC(CO)C(O)/C=C/CCCCCCCCCCCC. The lowest BCUT2D eigenvalue weighted by molar-refractivity contribution is -0.143. The molecule has 0 heterocycles. The van der Waals surface area contributed by atoms with Crippen LogP contribution in [-0.4, -0.2) is 47.4 Å². The minimum Gasteiger partial charge on any atom is -0.466 e. The van der Waals surface area contributed by atoms with Gasteiger partial charge in [-0.05, 0) is 57.8 Å². The molecule has 1 amide bonds. The van der Waals surface area contributed by atoms with Gasteiger partial charge < -0.3 is 20.3 Å². The molecule has 6 heteroatoms. The minimum atomic E-state index is -0.840. The van der Waals surface area contributed by atoms with E-state index in [0.717, 1.165) is 51.4 Å². The Labute approximate surface area is 449 Å². The Hall–Kier alpha value is -1.92. The maximum absolute atomic E-state index is 12.4. The summed E-state index contributed by atoms with van der Waals surface area (Å²) in [5.74, 6) is -0.0596. The number of rotatable bonds is 60. The highest BCUT2D eigenvalue weighted by Gasteiger charge is 2.18. The average Bonchev–Trinajstić information content (AvgIpc) is 3.38. The Balaban J connectivity index is 3.33. The van der Waals surface area contributed by atoms with Crippen molar-refractivity contribution in [2.24, 2.45) is 0 Å². The van der Waals surface area contributed by atoms with Crippen LogP contribution >= 0.6 is 0 Å². The van der Waals surface area contributed by atoms with Gasteiger partial charge in [-0.2, -0.15) is 0 Å². The molecule has 6 nitrogen and oxygen atoms in total. The summed E-state index contributed by atoms with van der Waals surface area (Å²) >= 11 is 0. The van der Waals surface area contributed by atoms with Crippen LogP contribution in [0.15, 0.2) is 36.5 Å². The number of unbranched alkanes of at least 4 members (excludes halogenated alkanes) is 45. The number of carbonyl (C=O) groups excluding carboxylic acids is 2. The van der Waals surface area contributed by atoms with Crippen LogP contribution in [0.2, 0.25) is 0 Å². The van der Waals surface area contributed by atoms with E-state index < -0.39 is 12.1 Å². The fourth-order valence-corrected chi connectivity index (χ4v) is 9.97. The Morgan fingerprint density at radius 2 is 0.722 bits per heavy atom. The van der Waals surface area contributed by atoms with E-state index >= 15 is 0 Å². The topological polar surface area (TPSA) is 95.9 Å². The van der Waals surface area contributed by atoms with Crippen molar-refractivity contribution in [3.63, 3.8) is 0 Å². The van der Waals surface area contributed by atoms with E-state index in [1.165, 1.54) is 270 Å². The summed E-state index contributed by atoms with van der Waals surface area (Å²) in [7, 11) is 0. The summed E-state index contributed by atoms with van der Waals surface area (Å²) in [5.41, 5.74) is 0. The van der Waals surface area contributed by atoms with E-state index in [-0.39, 0.29) is 18.5 Å². The molecule has 0 saturated carbocycles. The van der Waals surface area contributed by atoms with E-state index in [1.807, 2.05) is 6.08 Å². The summed E-state index contributed by atoms with van der Waals surface area (Å²) in [6.45, 7) is 4.84. The van der Waals surface area contributed by atoms with E-state index in [2.05, 4.69) is 43.5 Å². The molecule has 0 rings (SSSR count). The minimum absolute atomic E-state index is 0.00429. The molecule has 0 aromatic rings. The highest BCUT2D eigenvalue weighted by molar-refractivity contribution is 5.76. The van der Waals surface area contributed by atoms with Crippen molar-refractivity contribution in [3.8, 4) is 0 Å². The van der Waals surface area contributed by atoms with E-state index in [9.17, 15) is 19.8 Å². The first-order chi connectivity index (χ1) is 35.5. The third-order valence-corrected chi connectivity index (χ3v) is 14.9. The molecule has 0 saturated heterocycles. The van der Waals surface area contributed by atoms with Crippen LogP contribution in [0.5, 0.6) is 0 Å². The summed E-state index contributed by atoms with van der Waals surface area (Å²) in [6, 6.07) is -0.624. The molecule has 72 heavy (non-hydrogen) atoms. The van der Waals surface area contributed by atoms with E-state index in [0.29, 0.717) is 19.4 Å². The van der Waals surface area contributed by atoms with Crippen molar-refractivity contribution in [1.29, 1.82) is 0 Å². The van der Waals surface area contributed by atoms with Gasteiger partial charge in [0.25, 0.3) is 0 Å². The first kappa shape index (κ1) is 70.1. The van der Waals surface area contributed by atoms with Gasteiger partial charge in [-0.25, -0.2) is 0 Å². The fourth-order valence-electron chi connectivity index (χ4n) is 9.97. The number of aliphatic hydroxyl groups excluding tert-OH is 2. The smallest absolute Gasteiger partial charge is 0.305 e. The molecular formula is C66H125NO5. The van der Waals surface area contributed by atoms with Crippen LogP contribution in [0.3, 0.4) is 0 Å². The Kier molecular flexibility index (Phi) is 60.0. The predicted molar refractivity (Wildman–Crippen MR) is 315 cm³/mol. The van der Waals surface area contributed by atoms with Gasteiger partial charge in [-0.3, -0.25) is 9.59 Å². The first-order valence-electron chi connectivity index (χ1n) is 32.3. The monoisotopic (exact) mass is 1010 g/mol. The van der Waals surface area contributed by atoms with Crippen LogP contribution in [0.4, 0.5) is 0 Å². The lowest BCUT2D eigenvalue weighted by atomic mass is 10.0. The second-order valence-electron chi connectivity index (χ2n) is 22.1. The average molecular weight is 1010 g/mol. The second kappa shape index (κ2) is 61.6. The van der Waals surface area contributed by atoms with Gasteiger partial charge in [0, 0.05) is 12.8 Å². The molecule has 0 radical (unpaired) electrons. The molecule has 424 valence electrons. The molecule has 0 fully saturated rings. The van der Waals surface area contributed by atoms with Crippen molar-refractivity contribution < 1.29 is 24.5 Å². The number of carbonyl (C=O) groups is 2. The number of ether oxygens (including phenoxy) is 1. The molecule has 0 aliphatic heterocycles. The van der Waals surface area contributed by atoms with Crippen LogP contribution in [-0.2, 0) is 14.3 Å². The largest absolute Gasteiger partial charge is 0.466 e. The van der Waals surface area contributed by atoms with Crippen molar-refractivity contribution in [2.45, 2.75) is 360 Å². The number of hydrogen-bond donors (Lipinski definition) is 3. The predicted octanol–water partition coefficient (Wildman–Crippen LogP) is 20.4. The Bertz CT molecular complexity index is 1170. The molecule has 0 aliphatic carbocycles. The maximum atomic E-state index is 12.4. The highest BCUT2D eigenvalue weighted by atomic mass is 16.5. The van der Waals surface area contributed by atoms with Crippen molar-refractivity contribution in [2.75, 3.05) is 13.2 Å². The highest BCUT2D eigenvalue weighted by Crippen LogP contribution is 2.18. The summed E-state index contributed by atoms with van der Waals surface area (Å²) in [4.78, 5) is 24.5. The summed E-state index contributed by atoms with van der Waals surface area (Å²) in [6.07, 6.45) is 77.8. The van der Waals surface area contributed by atoms with E-state index in [4.69, 9.17) is 4.74 Å². The van der Waals surface area contributed by atoms with Crippen molar-refractivity contribution >= 4 is 11.9 Å². The fraction of sp³-hybridized carbons (Fsp3) is 0.879. The third-order valence-electron chi connectivity index (χ3n) is 14.9.